The Morgan fingerprint density at radius 2 is 1.53 bits per heavy atom. The van der Waals surface area contributed by atoms with Crippen LogP contribution in [0.25, 0.3) is 0 Å². The number of fused-ring (bicyclic) bond motifs is 5. The molecular formula is C25H36O5. The maximum Gasteiger partial charge on any atom is 0.332 e. The van der Waals surface area contributed by atoms with Gasteiger partial charge in [0.1, 0.15) is 5.78 Å². The standard InChI is InChI=1S/C25H36O5/c1-14(26)19-6-7-20-17-5-4-16-12-15(18(23(29)30)13-22(27)28)8-10-24(16,2)21(17)9-11-25(19,20)3/h13,15-17,19-21H,4-12H2,1-3H3,(H,27,28)(H,29,30)/t15-,16?,17?,19-,20?,21?,24+,25-/m1/s1. The Bertz CT molecular complexity index is 784. The molecule has 5 heteroatoms. The van der Waals surface area contributed by atoms with Gasteiger partial charge >= 0.3 is 11.9 Å². The van der Waals surface area contributed by atoms with Crippen molar-refractivity contribution in [2.45, 2.75) is 78.6 Å². The summed E-state index contributed by atoms with van der Waals surface area (Å²) in [7, 11) is 0. The highest BCUT2D eigenvalue weighted by molar-refractivity contribution is 5.95. The minimum atomic E-state index is -1.17. The Morgan fingerprint density at radius 1 is 0.867 bits per heavy atom. The van der Waals surface area contributed by atoms with Gasteiger partial charge in [-0.25, -0.2) is 9.59 Å². The zero-order chi connectivity index (χ0) is 21.8. The highest BCUT2D eigenvalue weighted by atomic mass is 16.4. The molecule has 0 aromatic heterocycles. The van der Waals surface area contributed by atoms with Crippen molar-refractivity contribution < 1.29 is 24.6 Å². The van der Waals surface area contributed by atoms with Crippen LogP contribution in [0.15, 0.2) is 11.6 Å². The molecule has 0 aromatic rings. The van der Waals surface area contributed by atoms with Gasteiger partial charge in [0.05, 0.1) is 0 Å². The number of hydrogen-bond acceptors (Lipinski definition) is 3. The average molecular weight is 417 g/mol. The summed E-state index contributed by atoms with van der Waals surface area (Å²) < 4.78 is 0. The second kappa shape index (κ2) is 7.49. The Hall–Kier alpha value is -1.65. The molecule has 166 valence electrons. The third-order valence-corrected chi connectivity index (χ3v) is 10.1. The number of carbonyl (C=O) groups excluding carboxylic acids is 1. The molecule has 4 fully saturated rings. The fraction of sp³-hybridized carbons (Fsp3) is 0.800. The first-order chi connectivity index (χ1) is 14.1. The van der Waals surface area contributed by atoms with E-state index in [0.29, 0.717) is 29.5 Å². The molecule has 4 saturated carbocycles. The molecule has 0 saturated heterocycles. The van der Waals surface area contributed by atoms with Gasteiger partial charge in [-0.3, -0.25) is 4.79 Å². The van der Waals surface area contributed by atoms with Crippen LogP contribution in [-0.4, -0.2) is 27.9 Å². The van der Waals surface area contributed by atoms with Crippen LogP contribution >= 0.6 is 0 Å². The maximum absolute atomic E-state index is 12.3. The number of aliphatic carboxylic acids is 2. The lowest BCUT2D eigenvalue weighted by molar-refractivity contribution is -0.139. The van der Waals surface area contributed by atoms with Crippen LogP contribution in [0, 0.1) is 46.3 Å². The van der Waals surface area contributed by atoms with Crippen molar-refractivity contribution in [3.8, 4) is 0 Å². The number of ketones is 1. The summed E-state index contributed by atoms with van der Waals surface area (Å²) in [6.07, 6.45) is 10.3. The second-order valence-corrected chi connectivity index (χ2v) is 11.2. The smallest absolute Gasteiger partial charge is 0.332 e. The predicted octanol–water partition coefficient (Wildman–Crippen LogP) is 4.95. The van der Waals surface area contributed by atoms with Crippen molar-refractivity contribution >= 4 is 17.7 Å². The topological polar surface area (TPSA) is 91.7 Å². The molecule has 0 aromatic carbocycles. The quantitative estimate of drug-likeness (QED) is 0.633. The lowest BCUT2D eigenvalue weighted by Gasteiger charge is -2.61. The van der Waals surface area contributed by atoms with Gasteiger partial charge in [-0.15, -0.1) is 0 Å². The van der Waals surface area contributed by atoms with E-state index < -0.39 is 11.9 Å². The molecule has 0 bridgehead atoms. The molecule has 0 heterocycles. The summed E-state index contributed by atoms with van der Waals surface area (Å²) in [5.74, 6) is 0.610. The highest BCUT2D eigenvalue weighted by Crippen LogP contribution is 2.68. The molecule has 4 unspecified atom stereocenters. The van der Waals surface area contributed by atoms with E-state index in [-0.39, 0.29) is 28.2 Å². The largest absolute Gasteiger partial charge is 0.478 e. The van der Waals surface area contributed by atoms with E-state index in [1.54, 1.807) is 6.92 Å². The molecule has 0 radical (unpaired) electrons. The maximum atomic E-state index is 12.3. The van der Waals surface area contributed by atoms with Crippen molar-refractivity contribution in [1.29, 1.82) is 0 Å². The zero-order valence-corrected chi connectivity index (χ0v) is 18.5. The average Bonchev–Trinajstić information content (AvgIpc) is 3.02. The van der Waals surface area contributed by atoms with Gasteiger partial charge in [0, 0.05) is 17.6 Å². The first-order valence-corrected chi connectivity index (χ1v) is 11.8. The van der Waals surface area contributed by atoms with Crippen LogP contribution in [0.4, 0.5) is 0 Å². The Labute approximate surface area is 179 Å². The number of Topliss-reactive ketones (excluding diaryl/α,β-unsaturated/α-hetero) is 1. The number of carboxylic acid groups (broad SMARTS) is 2. The molecule has 0 amide bonds. The number of carbonyl (C=O) groups is 3. The van der Waals surface area contributed by atoms with E-state index in [2.05, 4.69) is 13.8 Å². The Balaban J connectivity index is 1.55. The van der Waals surface area contributed by atoms with Crippen molar-refractivity contribution in [3.05, 3.63) is 11.6 Å². The normalized spacial score (nSPS) is 45.8. The van der Waals surface area contributed by atoms with Crippen molar-refractivity contribution in [3.63, 3.8) is 0 Å². The molecule has 5 nitrogen and oxygen atoms in total. The third kappa shape index (κ3) is 3.23. The van der Waals surface area contributed by atoms with Crippen LogP contribution in [0.5, 0.6) is 0 Å². The molecule has 4 aliphatic rings. The summed E-state index contributed by atoms with van der Waals surface area (Å²) >= 11 is 0. The van der Waals surface area contributed by atoms with Crippen molar-refractivity contribution in [2.75, 3.05) is 0 Å². The van der Waals surface area contributed by atoms with E-state index in [9.17, 15) is 19.5 Å². The zero-order valence-electron chi connectivity index (χ0n) is 18.5. The predicted molar refractivity (Wildman–Crippen MR) is 113 cm³/mol. The lowest BCUT2D eigenvalue weighted by atomic mass is 9.44. The summed E-state index contributed by atoms with van der Waals surface area (Å²) in [6.45, 7) is 6.56. The molecule has 0 aliphatic heterocycles. The Morgan fingerprint density at radius 3 is 2.17 bits per heavy atom. The molecule has 0 spiro atoms. The number of carboxylic acids is 2. The molecule has 4 rings (SSSR count). The van der Waals surface area contributed by atoms with Crippen LogP contribution < -0.4 is 0 Å². The minimum Gasteiger partial charge on any atom is -0.478 e. The van der Waals surface area contributed by atoms with E-state index in [4.69, 9.17) is 5.11 Å². The van der Waals surface area contributed by atoms with Gasteiger partial charge in [0.15, 0.2) is 0 Å². The summed E-state index contributed by atoms with van der Waals surface area (Å²) in [6, 6.07) is 0. The monoisotopic (exact) mass is 416 g/mol. The van der Waals surface area contributed by atoms with E-state index in [0.717, 1.165) is 44.6 Å². The molecule has 30 heavy (non-hydrogen) atoms. The molecular weight excluding hydrogens is 380 g/mol. The van der Waals surface area contributed by atoms with Gasteiger partial charge in [-0.2, -0.15) is 0 Å². The fourth-order valence-corrected chi connectivity index (χ4v) is 8.70. The van der Waals surface area contributed by atoms with Crippen molar-refractivity contribution in [2.24, 2.45) is 46.3 Å². The van der Waals surface area contributed by atoms with Gasteiger partial charge in [-0.1, -0.05) is 13.8 Å². The summed E-state index contributed by atoms with van der Waals surface area (Å²) in [5, 5.41) is 18.7. The Kier molecular flexibility index (Phi) is 5.39. The first kappa shape index (κ1) is 21.6. The van der Waals surface area contributed by atoms with Crippen LogP contribution in [0.3, 0.4) is 0 Å². The first-order valence-electron chi connectivity index (χ1n) is 11.8. The number of hydrogen-bond donors (Lipinski definition) is 2. The second-order valence-electron chi connectivity index (χ2n) is 11.2. The van der Waals surface area contributed by atoms with Crippen LogP contribution in [0.2, 0.25) is 0 Å². The van der Waals surface area contributed by atoms with Gasteiger partial charge in [-0.05, 0) is 105 Å². The summed E-state index contributed by atoms with van der Waals surface area (Å²) in [4.78, 5) is 35.1. The van der Waals surface area contributed by atoms with E-state index >= 15 is 0 Å². The minimum absolute atomic E-state index is 0.0722. The van der Waals surface area contributed by atoms with Crippen molar-refractivity contribution in [1.82, 2.24) is 0 Å². The number of rotatable bonds is 4. The third-order valence-electron chi connectivity index (χ3n) is 10.1. The fourth-order valence-electron chi connectivity index (χ4n) is 8.70. The summed E-state index contributed by atoms with van der Waals surface area (Å²) in [5.41, 5.74) is 0.443. The molecule has 4 aliphatic carbocycles. The van der Waals surface area contributed by atoms with E-state index in [1.165, 1.54) is 19.3 Å². The molecule has 8 atom stereocenters. The van der Waals surface area contributed by atoms with Crippen LogP contribution in [0.1, 0.15) is 78.6 Å². The van der Waals surface area contributed by atoms with Gasteiger partial charge in [0.25, 0.3) is 0 Å². The SMILES string of the molecule is CC(=O)[C@H]1CCC2C3CCC4C[C@H](C(=CC(=O)O)C(=O)O)CC[C@]4(C)C3CC[C@@]21C. The lowest BCUT2D eigenvalue weighted by Crippen LogP contribution is -2.54. The van der Waals surface area contributed by atoms with Crippen LogP contribution in [-0.2, 0) is 14.4 Å². The van der Waals surface area contributed by atoms with Gasteiger partial charge < -0.3 is 10.2 Å². The molecule has 2 N–H and O–H groups in total. The van der Waals surface area contributed by atoms with E-state index in [1.807, 2.05) is 0 Å². The van der Waals surface area contributed by atoms with Gasteiger partial charge in [0.2, 0.25) is 0 Å². The highest BCUT2D eigenvalue weighted by Gasteiger charge is 2.60.